The Morgan fingerprint density at radius 3 is 2.45 bits per heavy atom. The Kier molecular flexibility index (Phi) is 5.63. The molecule has 0 saturated carbocycles. The maximum atomic E-state index is 13.3. The van der Waals surface area contributed by atoms with E-state index < -0.39 is 24.1 Å². The number of aliphatic hydroxyl groups is 1. The minimum Gasteiger partial charge on any atom is -0.435 e. The summed E-state index contributed by atoms with van der Waals surface area (Å²) < 4.78 is 71.3. The van der Waals surface area contributed by atoms with E-state index in [1.165, 1.54) is 36.4 Å². The smallest absolute Gasteiger partial charge is 0.416 e. The zero-order valence-corrected chi connectivity index (χ0v) is 16.6. The lowest BCUT2D eigenvalue weighted by Crippen LogP contribution is -2.47. The van der Waals surface area contributed by atoms with E-state index in [-0.39, 0.29) is 18.0 Å². The van der Waals surface area contributed by atoms with Gasteiger partial charge in [-0.1, -0.05) is 6.07 Å². The molecule has 0 aromatic heterocycles. The molecule has 0 fully saturated rings. The molecule has 31 heavy (non-hydrogen) atoms. The first kappa shape index (κ1) is 21.5. The Hall–Kier alpha value is -2.68. The molecular formula is C22H22F5N2O2+. The van der Waals surface area contributed by atoms with Gasteiger partial charge in [0.05, 0.1) is 12.1 Å². The predicted molar refractivity (Wildman–Crippen MR) is 104 cm³/mol. The van der Waals surface area contributed by atoms with Crippen molar-refractivity contribution in [3.05, 3.63) is 59.7 Å². The number of rotatable bonds is 4. The van der Waals surface area contributed by atoms with Gasteiger partial charge in [0.15, 0.2) is 6.54 Å². The normalized spacial score (nSPS) is 22.0. The average Bonchev–Trinajstić information content (AvgIpc) is 2.83. The van der Waals surface area contributed by atoms with Crippen molar-refractivity contribution in [1.82, 2.24) is 0 Å². The minimum absolute atomic E-state index is 0.0619. The number of benzene rings is 2. The van der Waals surface area contributed by atoms with Crippen molar-refractivity contribution < 1.29 is 36.4 Å². The molecule has 1 N–H and O–H groups in total. The number of ether oxygens (including phenoxy) is 1. The third-order valence-corrected chi connectivity index (χ3v) is 5.71. The molecule has 2 aromatic rings. The molecule has 0 saturated heterocycles. The highest BCUT2D eigenvalue weighted by Gasteiger charge is 2.54. The lowest BCUT2D eigenvalue weighted by atomic mass is 9.99. The van der Waals surface area contributed by atoms with Crippen LogP contribution in [0.15, 0.2) is 48.5 Å². The summed E-state index contributed by atoms with van der Waals surface area (Å²) in [6, 6.07) is 10.4. The molecule has 2 aliphatic heterocycles. The second-order valence-corrected chi connectivity index (χ2v) is 7.75. The first-order valence-corrected chi connectivity index (χ1v) is 10.0. The van der Waals surface area contributed by atoms with Crippen molar-refractivity contribution in [2.45, 2.75) is 44.2 Å². The van der Waals surface area contributed by atoms with Gasteiger partial charge in [-0.15, -0.1) is 0 Å². The summed E-state index contributed by atoms with van der Waals surface area (Å²) in [5, 5.41) is 11.8. The number of alkyl halides is 5. The second-order valence-electron chi connectivity index (χ2n) is 7.75. The molecule has 0 aliphatic carbocycles. The van der Waals surface area contributed by atoms with Crippen LogP contribution in [0.1, 0.15) is 36.8 Å². The molecule has 0 bridgehead atoms. The van der Waals surface area contributed by atoms with Crippen LogP contribution in [-0.4, -0.2) is 35.2 Å². The molecule has 0 spiro atoms. The number of nitrogens with zero attached hydrogens (tertiary/aromatic N) is 2. The van der Waals surface area contributed by atoms with Crippen molar-refractivity contribution in [3.63, 3.8) is 0 Å². The molecule has 4 nitrogen and oxygen atoms in total. The van der Waals surface area contributed by atoms with Gasteiger partial charge in [0.25, 0.3) is 11.6 Å². The van der Waals surface area contributed by atoms with Crippen molar-refractivity contribution in [1.29, 1.82) is 0 Å². The number of hydrogen-bond acceptors (Lipinski definition) is 3. The van der Waals surface area contributed by atoms with Gasteiger partial charge < -0.3 is 9.84 Å². The summed E-state index contributed by atoms with van der Waals surface area (Å²) in [5.74, 6) is 0.695. The molecule has 0 unspecified atom stereocenters. The molecule has 2 aliphatic rings. The quantitative estimate of drug-likeness (QED) is 0.538. The van der Waals surface area contributed by atoms with Crippen LogP contribution in [-0.2, 0) is 11.9 Å². The second kappa shape index (κ2) is 8.11. The highest BCUT2D eigenvalue weighted by atomic mass is 19.4. The standard InChI is InChI=1S/C22H22F5N2O2/c23-20(24)31-18-10-8-15(9-11-18)21(30)14-28-12-3-1-2-7-19(28)29(21)17-6-4-5-16(13-17)22(25,26)27/h4-6,8-11,13,20,30H,1-3,7,12,14H2/q+1/t21-/m0/s1. The van der Waals surface area contributed by atoms with Crippen LogP contribution >= 0.6 is 0 Å². The van der Waals surface area contributed by atoms with E-state index in [2.05, 4.69) is 4.74 Å². The highest BCUT2D eigenvalue weighted by Crippen LogP contribution is 2.40. The fourth-order valence-electron chi connectivity index (χ4n) is 4.33. The summed E-state index contributed by atoms with van der Waals surface area (Å²) in [5.41, 5.74) is -1.85. The Balaban J connectivity index is 1.78. The van der Waals surface area contributed by atoms with Crippen molar-refractivity contribution >= 4 is 11.5 Å². The number of hydrogen-bond donors (Lipinski definition) is 1. The van der Waals surface area contributed by atoms with Crippen molar-refractivity contribution in [2.75, 3.05) is 18.0 Å². The van der Waals surface area contributed by atoms with E-state index in [4.69, 9.17) is 0 Å². The molecule has 166 valence electrons. The third kappa shape index (κ3) is 4.23. The first-order valence-electron chi connectivity index (χ1n) is 10.0. The fourth-order valence-corrected chi connectivity index (χ4v) is 4.33. The van der Waals surface area contributed by atoms with Crippen LogP contribution in [0.4, 0.5) is 27.6 Å². The zero-order valence-electron chi connectivity index (χ0n) is 16.6. The van der Waals surface area contributed by atoms with Gasteiger partial charge in [0.2, 0.25) is 0 Å². The lowest BCUT2D eigenvalue weighted by Gasteiger charge is -2.29. The van der Waals surface area contributed by atoms with Crippen LogP contribution in [0.3, 0.4) is 0 Å². The molecule has 2 heterocycles. The van der Waals surface area contributed by atoms with Crippen LogP contribution in [0, 0.1) is 0 Å². The zero-order chi connectivity index (χ0) is 22.2. The molecule has 9 heteroatoms. The third-order valence-electron chi connectivity index (χ3n) is 5.71. The van der Waals surface area contributed by atoms with Gasteiger partial charge in [-0.2, -0.15) is 26.9 Å². The van der Waals surface area contributed by atoms with Gasteiger partial charge in [0.1, 0.15) is 11.4 Å². The van der Waals surface area contributed by atoms with Crippen molar-refractivity contribution in [3.8, 4) is 5.75 Å². The van der Waals surface area contributed by atoms with Crippen molar-refractivity contribution in [2.24, 2.45) is 0 Å². The summed E-state index contributed by atoms with van der Waals surface area (Å²) in [6.07, 6.45) is -1.13. The predicted octanol–water partition coefficient (Wildman–Crippen LogP) is 4.96. The van der Waals surface area contributed by atoms with Gasteiger partial charge in [-0.3, -0.25) is 4.58 Å². The molecule has 0 amide bonds. The summed E-state index contributed by atoms with van der Waals surface area (Å²) in [7, 11) is 0. The Labute approximate surface area is 176 Å². The average molecular weight is 441 g/mol. The van der Waals surface area contributed by atoms with E-state index in [1.54, 1.807) is 4.90 Å². The van der Waals surface area contributed by atoms with Crippen LogP contribution in [0.5, 0.6) is 5.75 Å². The molecule has 4 rings (SSSR count). The van der Waals surface area contributed by atoms with E-state index in [9.17, 15) is 27.1 Å². The molecule has 2 aromatic carbocycles. The maximum absolute atomic E-state index is 13.3. The van der Waals surface area contributed by atoms with Crippen LogP contribution in [0.2, 0.25) is 0 Å². The number of amidine groups is 1. The Bertz CT molecular complexity index is 975. The minimum atomic E-state index is -4.52. The maximum Gasteiger partial charge on any atom is 0.416 e. The Morgan fingerprint density at radius 2 is 1.77 bits per heavy atom. The number of anilines is 1. The molecule has 1 atom stereocenters. The summed E-state index contributed by atoms with van der Waals surface area (Å²) in [4.78, 5) is 1.55. The van der Waals surface area contributed by atoms with E-state index in [0.29, 0.717) is 18.5 Å². The summed E-state index contributed by atoms with van der Waals surface area (Å²) >= 11 is 0. The molecule has 0 radical (unpaired) electrons. The van der Waals surface area contributed by atoms with E-state index in [1.807, 2.05) is 4.58 Å². The fraction of sp³-hybridized carbons (Fsp3) is 0.409. The van der Waals surface area contributed by atoms with Crippen LogP contribution < -0.4 is 9.64 Å². The van der Waals surface area contributed by atoms with Gasteiger partial charge in [0, 0.05) is 12.0 Å². The van der Waals surface area contributed by atoms with Gasteiger partial charge in [-0.05, 0) is 61.7 Å². The first-order chi connectivity index (χ1) is 14.7. The molecular weight excluding hydrogens is 419 g/mol. The monoisotopic (exact) mass is 441 g/mol. The largest absolute Gasteiger partial charge is 0.435 e. The van der Waals surface area contributed by atoms with Gasteiger partial charge in [-0.25, -0.2) is 0 Å². The van der Waals surface area contributed by atoms with Gasteiger partial charge >= 0.3 is 12.8 Å². The lowest BCUT2D eigenvalue weighted by molar-refractivity contribution is -0.534. The SMILES string of the molecule is O[C@]1(c2ccc(OC(F)F)cc2)C[N+]2=C(CCCCC2)N1c1cccc(C(F)(F)F)c1. The topological polar surface area (TPSA) is 35.7 Å². The van der Waals surface area contributed by atoms with Crippen LogP contribution in [0.25, 0.3) is 0 Å². The van der Waals surface area contributed by atoms with E-state index >= 15 is 0 Å². The summed E-state index contributed by atoms with van der Waals surface area (Å²) in [6.45, 7) is -2.14. The van der Waals surface area contributed by atoms with E-state index in [0.717, 1.165) is 37.2 Å². The Morgan fingerprint density at radius 1 is 1.03 bits per heavy atom. The number of halogens is 5. The highest BCUT2D eigenvalue weighted by molar-refractivity contribution is 5.97.